The lowest BCUT2D eigenvalue weighted by Gasteiger charge is -2.61. The zero-order chi connectivity index (χ0) is 32.1. The van der Waals surface area contributed by atoms with Crippen molar-refractivity contribution in [2.24, 2.45) is 0 Å². The Morgan fingerprint density at radius 3 is 2.45 bits per heavy atom. The van der Waals surface area contributed by atoms with Gasteiger partial charge in [0.15, 0.2) is 29.8 Å². The van der Waals surface area contributed by atoms with Gasteiger partial charge in [-0.15, -0.1) is 0 Å². The number of rotatable bonds is 10. The van der Waals surface area contributed by atoms with E-state index in [4.69, 9.17) is 33.5 Å². The Morgan fingerprint density at radius 1 is 1.09 bits per heavy atom. The summed E-state index contributed by atoms with van der Waals surface area (Å²) in [7, 11) is 3.49. The Morgan fingerprint density at radius 2 is 1.80 bits per heavy atom. The summed E-state index contributed by atoms with van der Waals surface area (Å²) in [6, 6.07) is 3.57. The van der Waals surface area contributed by atoms with Crippen molar-refractivity contribution in [3.05, 3.63) is 35.1 Å². The molecule has 7 atom stereocenters. The lowest BCUT2D eigenvalue weighted by molar-refractivity contribution is -0.183. The van der Waals surface area contributed by atoms with Crippen molar-refractivity contribution in [2.75, 3.05) is 20.7 Å². The van der Waals surface area contributed by atoms with Crippen LogP contribution in [0.5, 0.6) is 11.5 Å². The van der Waals surface area contributed by atoms with Crippen molar-refractivity contribution < 1.29 is 62.6 Å². The number of hydrogen-bond donors (Lipinski definition) is 2. The van der Waals surface area contributed by atoms with Crippen LogP contribution in [0.15, 0.2) is 24.0 Å². The molecule has 14 nitrogen and oxygen atoms in total. The molecule has 2 bridgehead atoms. The number of carbonyl (C=O) groups is 5. The van der Waals surface area contributed by atoms with Gasteiger partial charge < -0.3 is 43.5 Å². The van der Waals surface area contributed by atoms with Crippen molar-refractivity contribution in [3.63, 3.8) is 0 Å². The van der Waals surface area contributed by atoms with Crippen molar-refractivity contribution in [3.8, 4) is 11.5 Å². The molecule has 1 spiro atoms. The van der Waals surface area contributed by atoms with Gasteiger partial charge in [0.1, 0.15) is 5.76 Å². The zero-order valence-electron chi connectivity index (χ0n) is 25.0. The van der Waals surface area contributed by atoms with E-state index >= 15 is 0 Å². The lowest BCUT2D eigenvalue weighted by atomic mass is 9.50. The number of likely N-dealkylation sites (N-methyl/N-ethyl adjacent to an activating group) is 1. The number of ether oxygens (including phenoxy) is 6. The minimum Gasteiger partial charge on any atom is -0.493 e. The second kappa shape index (κ2) is 11.4. The molecule has 5 rings (SSSR count). The first-order chi connectivity index (χ1) is 20.7. The second-order valence-electron chi connectivity index (χ2n) is 11.6. The van der Waals surface area contributed by atoms with Crippen LogP contribution in [0.3, 0.4) is 0 Å². The molecule has 1 aromatic carbocycles. The molecule has 0 saturated carbocycles. The maximum atomic E-state index is 13.2. The number of methoxy groups -OCH3 is 1. The van der Waals surface area contributed by atoms with Gasteiger partial charge in [0.2, 0.25) is 6.10 Å². The minimum atomic E-state index is -1.78. The third-order valence-corrected chi connectivity index (χ3v) is 8.98. The predicted octanol–water partition coefficient (Wildman–Crippen LogP) is 0.786. The molecule has 1 saturated heterocycles. The van der Waals surface area contributed by atoms with Gasteiger partial charge in [0, 0.05) is 24.9 Å². The largest absolute Gasteiger partial charge is 0.493 e. The van der Waals surface area contributed by atoms with Gasteiger partial charge in [-0.1, -0.05) is 6.07 Å². The molecule has 0 radical (unpaired) electrons. The predicted molar refractivity (Wildman–Crippen MR) is 146 cm³/mol. The van der Waals surface area contributed by atoms with Crippen LogP contribution < -0.4 is 9.47 Å². The molecular weight excluding hydrogens is 582 g/mol. The first kappa shape index (κ1) is 31.3. The molecule has 0 aromatic heterocycles. The Bertz CT molecular complexity index is 1440. The van der Waals surface area contributed by atoms with E-state index < -0.39 is 71.7 Å². The molecule has 1 fully saturated rings. The van der Waals surface area contributed by atoms with E-state index in [1.165, 1.54) is 7.11 Å². The quantitative estimate of drug-likeness (QED) is 0.277. The third kappa shape index (κ3) is 4.95. The van der Waals surface area contributed by atoms with Crippen LogP contribution in [0.2, 0.25) is 0 Å². The van der Waals surface area contributed by atoms with Crippen molar-refractivity contribution in [1.82, 2.24) is 4.90 Å². The number of aliphatic hydroxyl groups is 1. The molecule has 4 aliphatic rings. The molecule has 2 N–H and O–H groups in total. The molecule has 0 amide bonds. The van der Waals surface area contributed by atoms with Gasteiger partial charge in [0.25, 0.3) is 0 Å². The molecule has 14 heteroatoms. The fourth-order valence-electron chi connectivity index (χ4n) is 6.90. The first-order valence-electron chi connectivity index (χ1n) is 14.2. The summed E-state index contributed by atoms with van der Waals surface area (Å²) in [5.74, 6) is -4.52. The van der Waals surface area contributed by atoms with E-state index in [9.17, 15) is 29.1 Å². The molecule has 1 aromatic rings. The van der Waals surface area contributed by atoms with Gasteiger partial charge in [-0.05, 0) is 58.0 Å². The fraction of sp³-hybridized carbons (Fsp3) is 0.567. The highest BCUT2D eigenvalue weighted by Crippen LogP contribution is 2.65. The molecule has 2 heterocycles. The normalized spacial score (nSPS) is 28.2. The number of hydrogen-bond acceptors (Lipinski definition) is 13. The summed E-state index contributed by atoms with van der Waals surface area (Å²) in [5, 5.41) is 21.2. The van der Waals surface area contributed by atoms with Gasteiger partial charge in [-0.3, -0.25) is 9.59 Å². The third-order valence-electron chi connectivity index (χ3n) is 8.98. The maximum Gasteiger partial charge on any atom is 0.348 e. The Balaban J connectivity index is 1.36. The highest BCUT2D eigenvalue weighted by atomic mass is 16.6. The van der Waals surface area contributed by atoms with Crippen LogP contribution in [0.25, 0.3) is 0 Å². The summed E-state index contributed by atoms with van der Waals surface area (Å²) in [4.78, 5) is 63.0. The number of piperidine rings is 1. The topological polar surface area (TPSA) is 184 Å². The van der Waals surface area contributed by atoms with Crippen LogP contribution in [-0.2, 0) is 54.8 Å². The SMILES string of the molecule is COc1ccc2c3c1O[C@@H]1C(OC(=O)C[C@H](OC(C)=O)C(=O)O[C@@H](C)C(=O)O[C@@H](C)C(=O)O)=CC[C@]4(O)[C@H](C2)N(C)CC[C@@]314. The van der Waals surface area contributed by atoms with Gasteiger partial charge in [-0.2, -0.15) is 0 Å². The van der Waals surface area contributed by atoms with Gasteiger partial charge in [-0.25, -0.2) is 14.4 Å². The standard InChI is InChI=1S/C30H35NO13/c1-14(26(34)35)40-27(36)15(2)41-28(37)20(42-16(3)32)13-22(33)43-19-8-9-30(38)21-12-17-6-7-18(39-5)24-23(17)29(30,25(19)44-24)10-11-31(21)4/h6-8,14-15,20-21,25,38H,9-13H2,1-5H3,(H,34,35)/t14-,15-,20-,21-,25+,29+,30-/m0/s1. The minimum absolute atomic E-state index is 0.142. The summed E-state index contributed by atoms with van der Waals surface area (Å²) in [6.07, 6.45) is -3.57. The highest BCUT2D eigenvalue weighted by Gasteiger charge is 2.72. The van der Waals surface area contributed by atoms with E-state index in [0.717, 1.165) is 31.9 Å². The molecule has 238 valence electrons. The second-order valence-corrected chi connectivity index (χ2v) is 11.6. The monoisotopic (exact) mass is 617 g/mol. The Kier molecular flexibility index (Phi) is 8.10. The van der Waals surface area contributed by atoms with Crippen molar-refractivity contribution in [2.45, 2.75) is 87.9 Å². The number of carboxylic acids is 1. The summed E-state index contributed by atoms with van der Waals surface area (Å²) in [5.41, 5.74) is -0.295. The number of likely N-dealkylation sites (tertiary alicyclic amines) is 1. The average Bonchev–Trinajstić information content (AvgIpc) is 3.31. The van der Waals surface area contributed by atoms with E-state index in [2.05, 4.69) is 4.90 Å². The first-order valence-corrected chi connectivity index (χ1v) is 14.2. The molecule has 0 unspecified atom stereocenters. The number of carbonyl (C=O) groups excluding carboxylic acids is 4. The Hall–Kier alpha value is -4.17. The summed E-state index contributed by atoms with van der Waals surface area (Å²) in [6.45, 7) is 3.95. The zero-order valence-corrected chi connectivity index (χ0v) is 25.0. The van der Waals surface area contributed by atoms with Gasteiger partial charge >= 0.3 is 29.8 Å². The van der Waals surface area contributed by atoms with E-state index in [1.54, 1.807) is 6.08 Å². The molecule has 44 heavy (non-hydrogen) atoms. The maximum absolute atomic E-state index is 13.2. The van der Waals surface area contributed by atoms with Crippen LogP contribution >= 0.6 is 0 Å². The average molecular weight is 618 g/mol. The number of nitrogens with zero attached hydrogens (tertiary/aromatic N) is 1. The van der Waals surface area contributed by atoms with Gasteiger partial charge in [0.05, 0.1) is 24.5 Å². The van der Waals surface area contributed by atoms with Crippen molar-refractivity contribution >= 4 is 29.8 Å². The fourth-order valence-corrected chi connectivity index (χ4v) is 6.90. The lowest BCUT2D eigenvalue weighted by Crippen LogP contribution is -2.74. The van der Waals surface area contributed by atoms with E-state index in [-0.39, 0.29) is 18.2 Å². The number of benzene rings is 1. The summed E-state index contributed by atoms with van der Waals surface area (Å²) < 4.78 is 32.5. The van der Waals surface area contributed by atoms with Crippen LogP contribution in [0, 0.1) is 0 Å². The number of esters is 4. The molecule has 2 aliphatic heterocycles. The van der Waals surface area contributed by atoms with E-state index in [1.807, 2.05) is 19.2 Å². The van der Waals surface area contributed by atoms with Crippen molar-refractivity contribution in [1.29, 1.82) is 0 Å². The molecular formula is C30H35NO13. The summed E-state index contributed by atoms with van der Waals surface area (Å²) >= 11 is 0. The number of carboxylic acid groups (broad SMARTS) is 1. The van der Waals surface area contributed by atoms with Crippen LogP contribution in [0.1, 0.15) is 51.2 Å². The Labute approximate surface area is 252 Å². The smallest absolute Gasteiger partial charge is 0.348 e. The van der Waals surface area contributed by atoms with E-state index in [0.29, 0.717) is 30.9 Å². The number of aliphatic carboxylic acids is 1. The van der Waals surface area contributed by atoms with Crippen LogP contribution in [0.4, 0.5) is 0 Å². The van der Waals surface area contributed by atoms with Crippen LogP contribution in [-0.4, -0.2) is 102 Å². The molecule has 2 aliphatic carbocycles. The highest BCUT2D eigenvalue weighted by molar-refractivity contribution is 5.87.